The van der Waals surface area contributed by atoms with Gasteiger partial charge in [-0.25, -0.2) is 32.6 Å². The summed E-state index contributed by atoms with van der Waals surface area (Å²) in [6.07, 6.45) is 4.24. The number of H-pyrrole nitrogens is 1. The first-order chi connectivity index (χ1) is 17.0. The van der Waals surface area contributed by atoms with E-state index in [4.69, 9.17) is 16.7 Å². The van der Waals surface area contributed by atoms with Crippen molar-refractivity contribution in [2.75, 3.05) is 22.8 Å². The Morgan fingerprint density at radius 2 is 2.08 bits per heavy atom. The van der Waals surface area contributed by atoms with Crippen molar-refractivity contribution in [2.24, 2.45) is 0 Å². The number of imidazole rings is 1. The number of halogens is 2. The van der Waals surface area contributed by atoms with Crippen molar-refractivity contribution >= 4 is 39.4 Å². The third-order valence-electron chi connectivity index (χ3n) is 5.65. The molecule has 0 bridgehead atoms. The van der Waals surface area contributed by atoms with Crippen molar-refractivity contribution in [3.05, 3.63) is 41.1 Å². The first kappa shape index (κ1) is 25.6. The van der Waals surface area contributed by atoms with E-state index in [0.29, 0.717) is 17.2 Å². The molecule has 1 atom stereocenters. The van der Waals surface area contributed by atoms with E-state index < -0.39 is 28.0 Å². The second-order valence-electron chi connectivity index (χ2n) is 8.66. The summed E-state index contributed by atoms with van der Waals surface area (Å²) in [5.41, 5.74) is 0.794. The molecular formula is C22H25ClFN7O4S. The molecular weight excluding hydrogens is 513 g/mol. The minimum absolute atomic E-state index is 0.0119. The number of aromatic nitrogens is 4. The highest BCUT2D eigenvalue weighted by atomic mass is 35.5. The van der Waals surface area contributed by atoms with Gasteiger partial charge in [-0.05, 0) is 38.0 Å². The van der Waals surface area contributed by atoms with E-state index in [0.717, 1.165) is 25.5 Å². The van der Waals surface area contributed by atoms with Gasteiger partial charge in [0.05, 0.1) is 23.3 Å². The summed E-state index contributed by atoms with van der Waals surface area (Å²) < 4.78 is 41.2. The van der Waals surface area contributed by atoms with Gasteiger partial charge >= 0.3 is 6.09 Å². The summed E-state index contributed by atoms with van der Waals surface area (Å²) in [5.74, 6) is 0.286. The average molecular weight is 538 g/mol. The molecule has 2 aromatic heterocycles. The van der Waals surface area contributed by atoms with Crippen LogP contribution in [0.5, 0.6) is 0 Å². The lowest BCUT2D eigenvalue weighted by Gasteiger charge is -2.22. The fraction of sp³-hybridized carbons (Fsp3) is 0.364. The van der Waals surface area contributed by atoms with Crippen LogP contribution in [0.25, 0.3) is 22.6 Å². The van der Waals surface area contributed by atoms with E-state index in [1.807, 2.05) is 0 Å². The second kappa shape index (κ2) is 10.3. The molecule has 0 radical (unpaired) electrons. The Balaban J connectivity index is 1.75. The van der Waals surface area contributed by atoms with Gasteiger partial charge in [-0.1, -0.05) is 18.0 Å². The van der Waals surface area contributed by atoms with E-state index in [2.05, 4.69) is 35.3 Å². The number of nitrogens with one attached hydrogen (secondary N) is 4. The molecule has 14 heteroatoms. The molecule has 192 valence electrons. The Hall–Kier alpha value is -3.45. The summed E-state index contributed by atoms with van der Waals surface area (Å²) in [7, 11) is -3.76. The normalized spacial score (nSPS) is 14.7. The van der Waals surface area contributed by atoms with Gasteiger partial charge in [-0.2, -0.15) is 0 Å². The van der Waals surface area contributed by atoms with Gasteiger partial charge in [-0.15, -0.1) is 0 Å². The summed E-state index contributed by atoms with van der Waals surface area (Å²) in [4.78, 5) is 27.4. The topological polar surface area (TPSA) is 162 Å². The average Bonchev–Trinajstić information content (AvgIpc) is 3.16. The molecule has 1 amide bonds. The number of carboxylic acid groups (broad SMARTS) is 1. The minimum Gasteiger partial charge on any atom is -0.465 e. The highest BCUT2D eigenvalue weighted by molar-refractivity contribution is 7.92. The predicted octanol–water partition coefficient (Wildman–Crippen LogP) is 4.03. The van der Waals surface area contributed by atoms with Crippen LogP contribution < -0.4 is 15.4 Å². The summed E-state index contributed by atoms with van der Waals surface area (Å²) >= 11 is 6.22. The molecule has 0 aliphatic heterocycles. The van der Waals surface area contributed by atoms with Crippen molar-refractivity contribution in [1.29, 1.82) is 0 Å². The Morgan fingerprint density at radius 3 is 2.72 bits per heavy atom. The molecule has 1 fully saturated rings. The van der Waals surface area contributed by atoms with E-state index >= 15 is 4.39 Å². The molecule has 1 aliphatic rings. The lowest BCUT2D eigenvalue weighted by atomic mass is 9.85. The van der Waals surface area contributed by atoms with Crippen LogP contribution in [0.15, 0.2) is 24.4 Å². The molecule has 0 spiro atoms. The standard InChI is InChI=1S/C22H25ClFN7O4S/c1-11(27-22(32)33)10-26-21-25-7-6-15(28-21)19-18(29-20(30-19)12-4-3-5-12)14-8-13(23)9-16(17(14)24)31-36(2,34)35/h6-9,11-12,27,31H,3-5,10H2,1-2H3,(H,29,30)(H,32,33)(H,25,26,28). The van der Waals surface area contributed by atoms with Crippen molar-refractivity contribution < 1.29 is 22.7 Å². The molecule has 5 N–H and O–H groups in total. The Labute approximate surface area is 212 Å². The summed E-state index contributed by atoms with van der Waals surface area (Å²) in [6, 6.07) is 3.81. The number of rotatable bonds is 9. The van der Waals surface area contributed by atoms with Crippen molar-refractivity contribution in [3.8, 4) is 22.6 Å². The fourth-order valence-electron chi connectivity index (χ4n) is 3.77. The quantitative estimate of drug-likeness (QED) is 0.273. The third kappa shape index (κ3) is 6.02. The highest BCUT2D eigenvalue weighted by Crippen LogP contribution is 2.40. The molecule has 36 heavy (non-hydrogen) atoms. The third-order valence-corrected chi connectivity index (χ3v) is 6.46. The number of aromatic amines is 1. The van der Waals surface area contributed by atoms with Crippen LogP contribution in [-0.2, 0) is 10.0 Å². The fourth-order valence-corrected chi connectivity index (χ4v) is 4.54. The van der Waals surface area contributed by atoms with Crippen LogP contribution in [0.1, 0.15) is 37.9 Å². The van der Waals surface area contributed by atoms with Gasteiger partial charge < -0.3 is 20.7 Å². The number of hydrogen-bond donors (Lipinski definition) is 5. The maximum atomic E-state index is 15.5. The van der Waals surface area contributed by atoms with Crippen LogP contribution in [-0.4, -0.2) is 58.4 Å². The Morgan fingerprint density at radius 1 is 1.33 bits per heavy atom. The molecule has 11 nitrogen and oxygen atoms in total. The van der Waals surface area contributed by atoms with E-state index in [1.54, 1.807) is 13.0 Å². The summed E-state index contributed by atoms with van der Waals surface area (Å²) in [6.45, 7) is 1.93. The molecule has 1 aliphatic carbocycles. The highest BCUT2D eigenvalue weighted by Gasteiger charge is 2.27. The monoisotopic (exact) mass is 537 g/mol. The van der Waals surface area contributed by atoms with Crippen molar-refractivity contribution in [1.82, 2.24) is 25.3 Å². The van der Waals surface area contributed by atoms with Crippen LogP contribution in [0.4, 0.5) is 20.8 Å². The van der Waals surface area contributed by atoms with Crippen molar-refractivity contribution in [2.45, 2.75) is 38.1 Å². The Bertz CT molecular complexity index is 1400. The molecule has 0 saturated heterocycles. The van der Waals surface area contributed by atoms with Crippen LogP contribution >= 0.6 is 11.6 Å². The Kier molecular flexibility index (Phi) is 7.31. The number of nitrogens with zero attached hydrogens (tertiary/aromatic N) is 3. The molecule has 1 saturated carbocycles. The molecule has 4 rings (SSSR count). The van der Waals surface area contributed by atoms with Gasteiger partial charge in [0.2, 0.25) is 16.0 Å². The van der Waals surface area contributed by atoms with Gasteiger partial charge in [0, 0.05) is 35.3 Å². The van der Waals surface area contributed by atoms with Crippen LogP contribution in [0, 0.1) is 5.82 Å². The van der Waals surface area contributed by atoms with E-state index in [1.165, 1.54) is 18.3 Å². The first-order valence-corrected chi connectivity index (χ1v) is 13.4. The van der Waals surface area contributed by atoms with Crippen LogP contribution in [0.3, 0.4) is 0 Å². The van der Waals surface area contributed by atoms with Gasteiger partial charge in [-0.3, -0.25) is 4.72 Å². The number of hydrogen-bond acceptors (Lipinski definition) is 7. The van der Waals surface area contributed by atoms with Crippen molar-refractivity contribution in [3.63, 3.8) is 0 Å². The lowest BCUT2D eigenvalue weighted by molar-refractivity contribution is 0.191. The molecule has 1 unspecified atom stereocenters. The van der Waals surface area contributed by atoms with Gasteiger partial charge in [0.25, 0.3) is 0 Å². The molecule has 2 heterocycles. The largest absolute Gasteiger partial charge is 0.465 e. The zero-order chi connectivity index (χ0) is 26.0. The second-order valence-corrected chi connectivity index (χ2v) is 10.8. The predicted molar refractivity (Wildman–Crippen MR) is 134 cm³/mol. The van der Waals surface area contributed by atoms with Crippen LogP contribution in [0.2, 0.25) is 5.02 Å². The number of amides is 1. The number of benzene rings is 1. The minimum atomic E-state index is -3.76. The zero-order valence-electron chi connectivity index (χ0n) is 19.5. The van der Waals surface area contributed by atoms with E-state index in [-0.39, 0.29) is 40.4 Å². The smallest absolute Gasteiger partial charge is 0.404 e. The number of carbonyl (C=O) groups is 1. The zero-order valence-corrected chi connectivity index (χ0v) is 21.0. The maximum Gasteiger partial charge on any atom is 0.404 e. The van der Waals surface area contributed by atoms with Gasteiger partial charge in [0.15, 0.2) is 5.82 Å². The van der Waals surface area contributed by atoms with Gasteiger partial charge in [0.1, 0.15) is 11.5 Å². The number of anilines is 2. The number of sulfonamides is 1. The SMILES string of the molecule is CC(CNc1nccc(-c2[nH]c(C3CCC3)nc2-c2cc(Cl)cc(NS(C)(=O)=O)c2F)n1)NC(=O)O. The lowest BCUT2D eigenvalue weighted by Crippen LogP contribution is -2.36. The molecule has 1 aromatic carbocycles. The maximum absolute atomic E-state index is 15.5. The first-order valence-electron chi connectivity index (χ1n) is 11.1. The molecule has 3 aromatic rings. The van der Waals surface area contributed by atoms with E-state index in [9.17, 15) is 13.2 Å². The summed E-state index contributed by atoms with van der Waals surface area (Å²) in [5, 5.41) is 14.3.